The summed E-state index contributed by atoms with van der Waals surface area (Å²) >= 11 is 0. The third kappa shape index (κ3) is 2.48. The normalized spacial score (nSPS) is 24.3. The molecule has 0 bridgehead atoms. The summed E-state index contributed by atoms with van der Waals surface area (Å²) in [6.45, 7) is 2.65. The van der Waals surface area contributed by atoms with Gasteiger partial charge in [0, 0.05) is 24.8 Å². The van der Waals surface area contributed by atoms with Crippen molar-refractivity contribution >= 4 is 23.0 Å². The highest BCUT2D eigenvalue weighted by Gasteiger charge is 2.47. The zero-order chi connectivity index (χ0) is 16.1. The van der Waals surface area contributed by atoms with Gasteiger partial charge in [0.05, 0.1) is 5.92 Å². The molecular formula is C17H18N2O4. The molecule has 23 heavy (non-hydrogen) atoms. The molecule has 1 aliphatic heterocycles. The first-order valence-electron chi connectivity index (χ1n) is 7.92. The Balaban J connectivity index is 1.59. The number of hydrogen-bond acceptors (Lipinski definition) is 4. The van der Waals surface area contributed by atoms with Gasteiger partial charge in [0.15, 0.2) is 11.3 Å². The summed E-state index contributed by atoms with van der Waals surface area (Å²) in [6.07, 6.45) is 2.15. The number of furan rings is 1. The van der Waals surface area contributed by atoms with Crippen LogP contribution in [0, 0.1) is 24.7 Å². The van der Waals surface area contributed by atoms with E-state index in [0.717, 1.165) is 18.5 Å². The molecule has 1 N–H and O–H groups in total. The number of pyridine rings is 1. The first-order valence-corrected chi connectivity index (χ1v) is 7.92. The molecule has 4 rings (SSSR count). The fraction of sp³-hybridized carbons (Fsp3) is 0.471. The first kappa shape index (κ1) is 14.2. The Morgan fingerprint density at radius 2 is 2.09 bits per heavy atom. The number of aryl methyl sites for hydroxylation is 1. The molecule has 3 heterocycles. The lowest BCUT2D eigenvalue weighted by molar-refractivity contribution is -0.142. The quantitative estimate of drug-likeness (QED) is 0.940. The molecule has 6 heteroatoms. The van der Waals surface area contributed by atoms with E-state index < -0.39 is 11.9 Å². The molecule has 1 aliphatic carbocycles. The predicted molar refractivity (Wildman–Crippen MR) is 82.0 cm³/mol. The number of carboxylic acid groups (broad SMARTS) is 1. The third-order valence-corrected chi connectivity index (χ3v) is 4.92. The SMILES string of the molecule is Cc1ccc2oc(C(=O)N3C[C@H](C(=O)O)[C@@H](C4CC4)C3)cc2n1. The van der Waals surface area contributed by atoms with Crippen LogP contribution in [0.25, 0.3) is 11.1 Å². The lowest BCUT2D eigenvalue weighted by Gasteiger charge is -2.14. The third-order valence-electron chi connectivity index (χ3n) is 4.92. The molecule has 1 saturated heterocycles. The van der Waals surface area contributed by atoms with Crippen LogP contribution in [-0.4, -0.2) is 40.0 Å². The summed E-state index contributed by atoms with van der Waals surface area (Å²) < 4.78 is 5.60. The Hall–Kier alpha value is -2.37. The van der Waals surface area contributed by atoms with Gasteiger partial charge in [0.2, 0.25) is 0 Å². The second-order valence-corrected chi connectivity index (χ2v) is 6.60. The van der Waals surface area contributed by atoms with Crippen molar-refractivity contribution in [1.29, 1.82) is 0 Å². The molecule has 0 unspecified atom stereocenters. The van der Waals surface area contributed by atoms with Gasteiger partial charge in [-0.15, -0.1) is 0 Å². The number of hydrogen-bond donors (Lipinski definition) is 1. The van der Waals surface area contributed by atoms with E-state index in [1.165, 1.54) is 0 Å². The fourth-order valence-electron chi connectivity index (χ4n) is 3.55. The van der Waals surface area contributed by atoms with Crippen molar-refractivity contribution in [1.82, 2.24) is 9.88 Å². The van der Waals surface area contributed by atoms with E-state index in [0.29, 0.717) is 23.6 Å². The Bertz CT molecular complexity index is 793. The number of amides is 1. The Morgan fingerprint density at radius 1 is 1.30 bits per heavy atom. The van der Waals surface area contributed by atoms with Gasteiger partial charge in [0.25, 0.3) is 5.91 Å². The number of carbonyl (C=O) groups excluding carboxylic acids is 1. The first-order chi connectivity index (χ1) is 11.0. The summed E-state index contributed by atoms with van der Waals surface area (Å²) in [7, 11) is 0. The second-order valence-electron chi connectivity index (χ2n) is 6.60. The van der Waals surface area contributed by atoms with Crippen LogP contribution in [0.1, 0.15) is 29.1 Å². The monoisotopic (exact) mass is 314 g/mol. The maximum atomic E-state index is 12.7. The highest BCUT2D eigenvalue weighted by atomic mass is 16.4. The van der Waals surface area contributed by atoms with Gasteiger partial charge >= 0.3 is 5.97 Å². The Morgan fingerprint density at radius 3 is 2.78 bits per heavy atom. The van der Waals surface area contributed by atoms with Crippen molar-refractivity contribution in [3.05, 3.63) is 29.7 Å². The zero-order valence-corrected chi connectivity index (χ0v) is 12.9. The maximum Gasteiger partial charge on any atom is 0.308 e. The van der Waals surface area contributed by atoms with Crippen molar-refractivity contribution in [3.8, 4) is 0 Å². The molecule has 2 aliphatic rings. The van der Waals surface area contributed by atoms with E-state index in [4.69, 9.17) is 4.42 Å². The van der Waals surface area contributed by atoms with Crippen LogP contribution in [0.2, 0.25) is 0 Å². The van der Waals surface area contributed by atoms with Crippen molar-refractivity contribution in [3.63, 3.8) is 0 Å². The zero-order valence-electron chi connectivity index (χ0n) is 12.9. The lowest BCUT2D eigenvalue weighted by Crippen LogP contribution is -2.29. The number of fused-ring (bicyclic) bond motifs is 1. The van der Waals surface area contributed by atoms with Gasteiger partial charge in [-0.2, -0.15) is 0 Å². The van der Waals surface area contributed by atoms with Gasteiger partial charge in [-0.3, -0.25) is 9.59 Å². The van der Waals surface area contributed by atoms with Gasteiger partial charge in [0.1, 0.15) is 5.52 Å². The summed E-state index contributed by atoms with van der Waals surface area (Å²) in [5, 5.41) is 9.40. The summed E-state index contributed by atoms with van der Waals surface area (Å²) in [4.78, 5) is 30.1. The van der Waals surface area contributed by atoms with Crippen LogP contribution in [0.4, 0.5) is 0 Å². The molecule has 0 spiro atoms. The minimum atomic E-state index is -0.806. The molecular weight excluding hydrogens is 296 g/mol. The van der Waals surface area contributed by atoms with Crippen LogP contribution < -0.4 is 0 Å². The molecule has 1 saturated carbocycles. The number of carboxylic acids is 1. The van der Waals surface area contributed by atoms with Crippen LogP contribution in [0.5, 0.6) is 0 Å². The van der Waals surface area contributed by atoms with E-state index in [-0.39, 0.29) is 24.1 Å². The largest absolute Gasteiger partial charge is 0.481 e. The van der Waals surface area contributed by atoms with Crippen LogP contribution in [-0.2, 0) is 4.79 Å². The summed E-state index contributed by atoms with van der Waals surface area (Å²) in [5.74, 6) is -0.751. The van der Waals surface area contributed by atoms with Crippen molar-refractivity contribution in [2.45, 2.75) is 19.8 Å². The second kappa shape index (κ2) is 5.08. The average Bonchev–Trinajstić information content (AvgIpc) is 3.11. The van der Waals surface area contributed by atoms with Crippen molar-refractivity contribution in [2.24, 2.45) is 17.8 Å². The minimum absolute atomic E-state index is 0.0706. The molecule has 6 nitrogen and oxygen atoms in total. The van der Waals surface area contributed by atoms with Crippen LogP contribution in [0.3, 0.4) is 0 Å². The van der Waals surface area contributed by atoms with E-state index in [9.17, 15) is 14.7 Å². The maximum absolute atomic E-state index is 12.7. The number of aromatic nitrogens is 1. The highest BCUT2D eigenvalue weighted by molar-refractivity contribution is 5.95. The van der Waals surface area contributed by atoms with E-state index in [2.05, 4.69) is 4.98 Å². The Kier molecular flexibility index (Phi) is 3.14. The summed E-state index contributed by atoms with van der Waals surface area (Å²) in [6, 6.07) is 5.27. The molecule has 120 valence electrons. The van der Waals surface area contributed by atoms with E-state index in [1.54, 1.807) is 17.0 Å². The van der Waals surface area contributed by atoms with Gasteiger partial charge in [-0.05, 0) is 43.7 Å². The summed E-state index contributed by atoms with van der Waals surface area (Å²) in [5.41, 5.74) is 2.09. The van der Waals surface area contributed by atoms with Crippen LogP contribution in [0.15, 0.2) is 22.6 Å². The number of aliphatic carboxylic acids is 1. The average molecular weight is 314 g/mol. The van der Waals surface area contributed by atoms with Crippen LogP contribution >= 0.6 is 0 Å². The standard InChI is InChI=1S/C17H18N2O4/c1-9-2-5-14-13(18-9)6-15(23-14)16(20)19-7-11(10-3-4-10)12(8-19)17(21)22/h2,5-6,10-12H,3-4,7-8H2,1H3,(H,21,22)/t11-,12+/m1/s1. The van der Waals surface area contributed by atoms with Gasteiger partial charge in [-0.25, -0.2) is 4.98 Å². The van der Waals surface area contributed by atoms with Gasteiger partial charge in [-0.1, -0.05) is 0 Å². The number of carbonyl (C=O) groups is 2. The van der Waals surface area contributed by atoms with E-state index >= 15 is 0 Å². The highest BCUT2D eigenvalue weighted by Crippen LogP contribution is 2.44. The molecule has 2 fully saturated rings. The van der Waals surface area contributed by atoms with Crippen molar-refractivity contribution in [2.75, 3.05) is 13.1 Å². The predicted octanol–water partition coefficient (Wildman–Crippen LogP) is 2.32. The number of rotatable bonds is 3. The lowest BCUT2D eigenvalue weighted by atomic mass is 9.92. The smallest absolute Gasteiger partial charge is 0.308 e. The van der Waals surface area contributed by atoms with Crippen molar-refractivity contribution < 1.29 is 19.1 Å². The van der Waals surface area contributed by atoms with E-state index in [1.807, 2.05) is 13.0 Å². The molecule has 2 aromatic heterocycles. The number of nitrogens with zero attached hydrogens (tertiary/aromatic N) is 2. The minimum Gasteiger partial charge on any atom is -0.481 e. The number of likely N-dealkylation sites (tertiary alicyclic amines) is 1. The molecule has 0 radical (unpaired) electrons. The molecule has 1 amide bonds. The molecule has 2 atom stereocenters. The molecule has 0 aromatic carbocycles. The Labute approximate surface area is 133 Å². The topological polar surface area (TPSA) is 83.6 Å². The molecule has 2 aromatic rings. The van der Waals surface area contributed by atoms with Gasteiger partial charge < -0.3 is 14.4 Å². The fourth-order valence-corrected chi connectivity index (χ4v) is 3.55.